The Morgan fingerprint density at radius 1 is 1.09 bits per heavy atom. The summed E-state index contributed by atoms with van der Waals surface area (Å²) >= 11 is 0. The number of benzene rings is 1. The minimum absolute atomic E-state index is 0.0259. The molecule has 4 heterocycles. The van der Waals surface area contributed by atoms with Gasteiger partial charge in [-0.25, -0.2) is 18.3 Å². The Balaban J connectivity index is 1.21. The summed E-state index contributed by atoms with van der Waals surface area (Å²) in [6.45, 7) is 3.92. The number of halogens is 2. The predicted molar refractivity (Wildman–Crippen MR) is 163 cm³/mol. The number of hydrogen-bond donors (Lipinski definition) is 1. The summed E-state index contributed by atoms with van der Waals surface area (Å²) in [5.74, 6) is -0.327. The second-order valence-electron chi connectivity index (χ2n) is 12.1. The fourth-order valence-electron chi connectivity index (χ4n) is 6.70. The van der Waals surface area contributed by atoms with E-state index in [9.17, 15) is 0 Å². The van der Waals surface area contributed by atoms with Crippen molar-refractivity contribution < 1.29 is 23.0 Å². The average molecular weight is 617 g/mol. The van der Waals surface area contributed by atoms with Crippen molar-refractivity contribution in [2.45, 2.75) is 76.2 Å². The van der Waals surface area contributed by atoms with Crippen molar-refractivity contribution in [1.82, 2.24) is 19.6 Å². The fraction of sp³-hybridized carbons (Fsp3) is 0.471. The molecular weight excluding hydrogens is 578 g/mol. The average Bonchev–Trinajstić information content (AvgIpc) is 3.43. The van der Waals surface area contributed by atoms with Gasteiger partial charge in [0.1, 0.15) is 17.5 Å². The standard InChI is InChI=1S/C34H38F2N6O3/c1-21-13-23(16-30(38)34(21)44-10-2-8-37)27-5-9-39-18-24(27)17-32-40-19-25-3-4-31(41-42(25)32)33-28(35)14-22(15-29(33)36)20-45-26-6-11-43-12-7-26/h3-5,9,14-15,18-19,21,23,26,30,34H,2,6-7,10-13,16-17,20,38H2,1H3/t21-,23+,30+,34-/m0/s1. The number of nitrogens with two attached hydrogens (primary N) is 1. The summed E-state index contributed by atoms with van der Waals surface area (Å²) in [5, 5.41) is 13.5. The highest BCUT2D eigenvalue weighted by Gasteiger charge is 2.35. The van der Waals surface area contributed by atoms with Gasteiger partial charge in [-0.1, -0.05) is 6.92 Å². The number of hydrogen-bond acceptors (Lipinski definition) is 8. The molecular formula is C34H38F2N6O3. The van der Waals surface area contributed by atoms with E-state index in [-0.39, 0.29) is 47.9 Å². The second-order valence-corrected chi connectivity index (χ2v) is 12.1. The first kappa shape index (κ1) is 31.2. The molecule has 1 aromatic carbocycles. The van der Waals surface area contributed by atoms with Crippen LogP contribution in [0.25, 0.3) is 16.8 Å². The summed E-state index contributed by atoms with van der Waals surface area (Å²) in [5.41, 5.74) is 9.85. The Morgan fingerprint density at radius 2 is 1.89 bits per heavy atom. The summed E-state index contributed by atoms with van der Waals surface area (Å²) in [6.07, 6.45) is 9.22. The Labute approximate surface area is 261 Å². The maximum Gasteiger partial charge on any atom is 0.135 e. The first-order chi connectivity index (χ1) is 21.9. The van der Waals surface area contributed by atoms with Crippen molar-refractivity contribution in [3.63, 3.8) is 0 Å². The minimum atomic E-state index is -0.693. The molecule has 11 heteroatoms. The fourth-order valence-corrected chi connectivity index (χ4v) is 6.70. The van der Waals surface area contributed by atoms with Crippen LogP contribution >= 0.6 is 0 Å². The molecule has 2 fully saturated rings. The van der Waals surface area contributed by atoms with E-state index >= 15 is 8.78 Å². The topological polar surface area (TPSA) is 121 Å². The maximum absolute atomic E-state index is 15.3. The molecule has 1 aliphatic carbocycles. The summed E-state index contributed by atoms with van der Waals surface area (Å²) < 4.78 is 49.5. The van der Waals surface area contributed by atoms with E-state index in [2.05, 4.69) is 28.1 Å². The van der Waals surface area contributed by atoms with Crippen LogP contribution in [0.1, 0.15) is 67.5 Å². The molecule has 3 aromatic heterocycles. The van der Waals surface area contributed by atoms with Gasteiger partial charge in [-0.2, -0.15) is 10.4 Å². The zero-order valence-corrected chi connectivity index (χ0v) is 25.4. The molecule has 0 radical (unpaired) electrons. The predicted octanol–water partition coefficient (Wildman–Crippen LogP) is 5.50. The number of rotatable bonds is 10. The molecule has 2 N–H and O–H groups in total. The normalized spacial score (nSPS) is 22.5. The van der Waals surface area contributed by atoms with Crippen LogP contribution in [0.3, 0.4) is 0 Å². The number of nitrogens with zero attached hydrogens (tertiary/aromatic N) is 5. The zero-order chi connectivity index (χ0) is 31.3. The molecule has 0 bridgehead atoms. The maximum atomic E-state index is 15.3. The molecule has 0 unspecified atom stereocenters. The highest BCUT2D eigenvalue weighted by Crippen LogP contribution is 2.39. The third-order valence-corrected chi connectivity index (χ3v) is 8.92. The van der Waals surface area contributed by atoms with E-state index in [1.807, 2.05) is 12.3 Å². The van der Waals surface area contributed by atoms with E-state index < -0.39 is 11.6 Å². The molecule has 6 rings (SSSR count). The highest BCUT2D eigenvalue weighted by atomic mass is 19.1. The molecule has 1 saturated heterocycles. The molecule has 1 saturated carbocycles. The Morgan fingerprint density at radius 3 is 2.64 bits per heavy atom. The van der Waals surface area contributed by atoms with E-state index in [1.54, 1.807) is 29.0 Å². The first-order valence-corrected chi connectivity index (χ1v) is 15.6. The molecule has 45 heavy (non-hydrogen) atoms. The molecule has 1 aliphatic heterocycles. The van der Waals surface area contributed by atoms with Crippen molar-refractivity contribution in [2.24, 2.45) is 11.7 Å². The Kier molecular flexibility index (Phi) is 9.76. The third kappa shape index (κ3) is 7.05. The summed E-state index contributed by atoms with van der Waals surface area (Å²) in [4.78, 5) is 9.00. The van der Waals surface area contributed by atoms with E-state index in [0.717, 1.165) is 36.8 Å². The Hall–Kier alpha value is -3.82. The Bertz CT molecular complexity index is 1630. The van der Waals surface area contributed by atoms with Gasteiger partial charge < -0.3 is 19.9 Å². The molecule has 0 amide bonds. The van der Waals surface area contributed by atoms with Crippen LogP contribution in [0, 0.1) is 28.9 Å². The molecule has 2 aliphatic rings. The number of aromatic nitrogens is 4. The second kappa shape index (κ2) is 14.1. The van der Waals surface area contributed by atoms with Crippen LogP contribution < -0.4 is 5.73 Å². The van der Waals surface area contributed by atoms with Crippen molar-refractivity contribution in [2.75, 3.05) is 19.8 Å². The smallest absolute Gasteiger partial charge is 0.135 e. The van der Waals surface area contributed by atoms with Gasteiger partial charge >= 0.3 is 0 Å². The molecule has 236 valence electrons. The van der Waals surface area contributed by atoms with Gasteiger partial charge in [0.25, 0.3) is 0 Å². The minimum Gasteiger partial charge on any atom is -0.381 e. The largest absolute Gasteiger partial charge is 0.381 e. The third-order valence-electron chi connectivity index (χ3n) is 8.92. The van der Waals surface area contributed by atoms with E-state index in [1.165, 1.54) is 12.1 Å². The zero-order valence-electron chi connectivity index (χ0n) is 25.4. The van der Waals surface area contributed by atoms with Crippen LogP contribution in [0.4, 0.5) is 8.78 Å². The van der Waals surface area contributed by atoms with Gasteiger partial charge in [-0.15, -0.1) is 0 Å². The van der Waals surface area contributed by atoms with Crippen LogP contribution in [-0.4, -0.2) is 57.7 Å². The first-order valence-electron chi connectivity index (χ1n) is 15.6. The number of pyridine rings is 1. The van der Waals surface area contributed by atoms with Gasteiger partial charge in [0.05, 0.1) is 60.9 Å². The van der Waals surface area contributed by atoms with Crippen molar-refractivity contribution >= 4 is 5.52 Å². The number of nitriles is 1. The lowest BCUT2D eigenvalue weighted by molar-refractivity contribution is -0.0391. The lowest BCUT2D eigenvalue weighted by Gasteiger charge is -2.39. The summed E-state index contributed by atoms with van der Waals surface area (Å²) in [6, 6.07) is 9.99. The van der Waals surface area contributed by atoms with Crippen LogP contribution in [0.2, 0.25) is 0 Å². The molecule has 9 nitrogen and oxygen atoms in total. The van der Waals surface area contributed by atoms with Crippen LogP contribution in [-0.2, 0) is 27.2 Å². The van der Waals surface area contributed by atoms with Crippen molar-refractivity contribution in [1.29, 1.82) is 5.26 Å². The van der Waals surface area contributed by atoms with Gasteiger partial charge in [0.15, 0.2) is 0 Å². The van der Waals surface area contributed by atoms with Crippen molar-refractivity contribution in [3.05, 3.63) is 83.1 Å². The SMILES string of the molecule is C[C@H]1C[C@@H](c2ccncc2Cc2ncc3ccc(-c4c(F)cc(COC5CCOCC5)cc4F)nn23)C[C@@H](N)[C@H]1OCCC#N. The van der Waals surface area contributed by atoms with Gasteiger partial charge in [-0.05, 0) is 84.5 Å². The molecule has 4 aromatic rings. The monoisotopic (exact) mass is 616 g/mol. The van der Waals surface area contributed by atoms with Crippen molar-refractivity contribution in [3.8, 4) is 17.3 Å². The lowest BCUT2D eigenvalue weighted by Crippen LogP contribution is -2.46. The van der Waals surface area contributed by atoms with Gasteiger partial charge in [0.2, 0.25) is 0 Å². The quantitative estimate of drug-likeness (QED) is 0.232. The van der Waals surface area contributed by atoms with Gasteiger partial charge in [0, 0.05) is 38.1 Å². The number of imidazole rings is 1. The van der Waals surface area contributed by atoms with E-state index in [4.69, 9.17) is 25.2 Å². The summed E-state index contributed by atoms with van der Waals surface area (Å²) in [7, 11) is 0. The van der Waals surface area contributed by atoms with Crippen LogP contribution in [0.5, 0.6) is 0 Å². The number of fused-ring (bicyclic) bond motifs is 1. The van der Waals surface area contributed by atoms with Gasteiger partial charge in [-0.3, -0.25) is 4.98 Å². The lowest BCUT2D eigenvalue weighted by atomic mass is 9.73. The molecule has 4 atom stereocenters. The molecule has 0 spiro atoms. The van der Waals surface area contributed by atoms with E-state index in [0.29, 0.717) is 49.6 Å². The highest BCUT2D eigenvalue weighted by molar-refractivity contribution is 5.63. The number of ether oxygens (including phenoxy) is 3. The van der Waals surface area contributed by atoms with Crippen LogP contribution in [0.15, 0.2) is 48.9 Å².